The molecule has 4 heterocycles. The van der Waals surface area contributed by atoms with Gasteiger partial charge in [-0.05, 0) is 30.9 Å². The molecule has 3 aliphatic heterocycles. The third-order valence-electron chi connectivity index (χ3n) is 7.53. The molecule has 0 bridgehead atoms. The van der Waals surface area contributed by atoms with Crippen molar-refractivity contribution < 1.29 is 43.9 Å². The highest BCUT2D eigenvalue weighted by molar-refractivity contribution is 6.47. The van der Waals surface area contributed by atoms with Crippen LogP contribution in [0.15, 0.2) is 29.2 Å². The monoisotopic (exact) mass is 586 g/mol. The molecule has 3 aliphatic rings. The smallest absolute Gasteiger partial charge is 0.526 e. The van der Waals surface area contributed by atoms with Crippen molar-refractivity contribution >= 4 is 48.3 Å². The zero-order chi connectivity index (χ0) is 29.6. The van der Waals surface area contributed by atoms with Crippen LogP contribution in [-0.4, -0.2) is 85.9 Å². The van der Waals surface area contributed by atoms with Crippen LogP contribution in [0.25, 0.3) is 0 Å². The van der Waals surface area contributed by atoms with Crippen LogP contribution in [0.1, 0.15) is 46.9 Å². The second kappa shape index (κ2) is 10.9. The maximum absolute atomic E-state index is 13.6. The number of amides is 4. The van der Waals surface area contributed by atoms with E-state index in [1.807, 2.05) is 0 Å². The number of carbonyl (C=O) groups is 5. The molecule has 5 rings (SSSR count). The summed E-state index contributed by atoms with van der Waals surface area (Å²) in [6.45, 7) is 0.314. The van der Waals surface area contributed by atoms with Gasteiger partial charge in [-0.1, -0.05) is 23.7 Å². The maximum atomic E-state index is 13.6. The first kappa shape index (κ1) is 28.2. The fraction of sp³-hybridized carbons (Fsp3) is 0.360. The molecule has 2 aromatic rings. The summed E-state index contributed by atoms with van der Waals surface area (Å²) in [7, 11) is -1.59. The number of urea groups is 1. The number of aromatic carboxylic acids is 1. The molecular formula is C25H24BClN4O10. The minimum Gasteiger partial charge on any atom is -0.535 e. The summed E-state index contributed by atoms with van der Waals surface area (Å²) in [5.41, 5.74) is -1.03. The van der Waals surface area contributed by atoms with Gasteiger partial charge in [-0.3, -0.25) is 24.1 Å². The Morgan fingerprint density at radius 1 is 1.22 bits per heavy atom. The molecule has 1 aromatic carbocycles. The second-order valence-corrected chi connectivity index (χ2v) is 10.4. The number of aromatic hydroxyl groups is 1. The number of pyridine rings is 1. The second-order valence-electron chi connectivity index (χ2n) is 10.1. The fourth-order valence-electron chi connectivity index (χ4n) is 5.44. The Hall–Kier alpha value is -4.37. The van der Waals surface area contributed by atoms with Gasteiger partial charge in [0.1, 0.15) is 16.8 Å². The molecule has 14 nitrogen and oxygen atoms in total. The van der Waals surface area contributed by atoms with Crippen LogP contribution >= 0.6 is 11.6 Å². The van der Waals surface area contributed by atoms with E-state index in [1.54, 1.807) is 6.07 Å². The number of nitrogens with one attached hydrogen (secondary N) is 2. The van der Waals surface area contributed by atoms with Gasteiger partial charge in [0.15, 0.2) is 11.5 Å². The molecule has 1 unspecified atom stereocenters. The Morgan fingerprint density at radius 3 is 2.71 bits per heavy atom. The number of carboxylic acids is 1. The molecule has 5 N–H and O–H groups in total. The molecule has 4 amide bonds. The van der Waals surface area contributed by atoms with E-state index in [4.69, 9.17) is 16.3 Å². The molecule has 0 aliphatic carbocycles. The van der Waals surface area contributed by atoms with Crippen LogP contribution in [0.3, 0.4) is 0 Å². The van der Waals surface area contributed by atoms with Crippen molar-refractivity contribution in [1.82, 2.24) is 20.1 Å². The summed E-state index contributed by atoms with van der Waals surface area (Å²) in [5.74, 6) is -5.59. The number of nitrogens with zero attached hydrogens (tertiary/aromatic N) is 2. The van der Waals surface area contributed by atoms with Crippen LogP contribution in [0.4, 0.5) is 4.79 Å². The number of ketones is 1. The quantitative estimate of drug-likeness (QED) is 0.233. The molecule has 41 heavy (non-hydrogen) atoms. The van der Waals surface area contributed by atoms with E-state index >= 15 is 0 Å². The average Bonchev–Trinajstić information content (AvgIpc) is 3.41. The number of carbonyl (C=O) groups excluding carboxylic acids is 4. The Labute approximate surface area is 237 Å². The number of hydrogen-bond acceptors (Lipinski definition) is 9. The van der Waals surface area contributed by atoms with Gasteiger partial charge in [-0.2, -0.15) is 0 Å². The number of aromatic nitrogens is 1. The van der Waals surface area contributed by atoms with E-state index in [-0.39, 0.29) is 36.0 Å². The molecule has 3 atom stereocenters. The van der Waals surface area contributed by atoms with Crippen molar-refractivity contribution in [2.24, 2.45) is 0 Å². The number of carboxylic acid groups (broad SMARTS) is 1. The van der Waals surface area contributed by atoms with Gasteiger partial charge in [0.25, 0.3) is 0 Å². The molecule has 0 radical (unpaired) electrons. The van der Waals surface area contributed by atoms with Gasteiger partial charge in [-0.25, -0.2) is 9.59 Å². The minimum atomic E-state index is -1.66. The summed E-state index contributed by atoms with van der Waals surface area (Å²) in [5, 5.41) is 31.6. The highest BCUT2D eigenvalue weighted by Gasteiger charge is 2.45. The van der Waals surface area contributed by atoms with E-state index in [0.717, 1.165) is 6.20 Å². The van der Waals surface area contributed by atoms with Gasteiger partial charge >= 0.3 is 30.9 Å². The summed E-state index contributed by atoms with van der Waals surface area (Å²) in [6, 6.07) is 1.30. The van der Waals surface area contributed by atoms with E-state index in [9.17, 15) is 44.0 Å². The lowest BCUT2D eigenvalue weighted by molar-refractivity contribution is -0.155. The number of aromatic amines is 1. The lowest BCUT2D eigenvalue weighted by Crippen LogP contribution is -2.61. The third-order valence-corrected chi connectivity index (χ3v) is 7.91. The van der Waals surface area contributed by atoms with Crippen LogP contribution in [0.2, 0.25) is 10.8 Å². The standard InChI is InChI=1S/C25H24BClN4O10/c27-17-19(28-9-16(33)20(17)34)18(29-25(39)31-10-13-4-2-6-30(13)22(35)23(31)36)15(32)8-12-7-11-3-1-5-14(24(37)38)21(11)41-26(12)40/h1,3,5,9,12-13,18,33,40H,2,4,6-8,10H2,(H,28,34)(H,29,39)(H,37,38)/t12-,13+,18?/m1/s1. The van der Waals surface area contributed by atoms with Crippen molar-refractivity contribution in [2.45, 2.75) is 43.6 Å². The maximum Gasteiger partial charge on any atom is 0.526 e. The molecule has 0 spiro atoms. The highest BCUT2D eigenvalue weighted by atomic mass is 35.5. The predicted octanol–water partition coefficient (Wildman–Crippen LogP) is 0.461. The predicted molar refractivity (Wildman–Crippen MR) is 141 cm³/mol. The Kier molecular flexibility index (Phi) is 7.49. The first-order chi connectivity index (χ1) is 19.5. The van der Waals surface area contributed by atoms with Gasteiger partial charge in [0.05, 0.1) is 23.8 Å². The van der Waals surface area contributed by atoms with Crippen molar-refractivity contribution in [1.29, 1.82) is 0 Å². The van der Waals surface area contributed by atoms with Gasteiger partial charge in [0, 0.05) is 25.0 Å². The largest absolute Gasteiger partial charge is 0.535 e. The zero-order valence-corrected chi connectivity index (χ0v) is 22.1. The van der Waals surface area contributed by atoms with Crippen molar-refractivity contribution in [3.05, 3.63) is 56.5 Å². The molecule has 2 fully saturated rings. The third kappa shape index (κ3) is 5.13. The zero-order valence-electron chi connectivity index (χ0n) is 21.3. The molecule has 16 heteroatoms. The van der Waals surface area contributed by atoms with Gasteiger partial charge < -0.3 is 35.1 Å². The number of para-hydroxylation sites is 1. The van der Waals surface area contributed by atoms with Crippen LogP contribution in [0.5, 0.6) is 11.5 Å². The number of benzene rings is 1. The van der Waals surface area contributed by atoms with E-state index in [0.29, 0.717) is 29.8 Å². The number of hydrogen-bond donors (Lipinski definition) is 5. The normalized spacial score (nSPS) is 20.7. The van der Waals surface area contributed by atoms with Crippen LogP contribution in [0, 0.1) is 0 Å². The molecular weight excluding hydrogens is 563 g/mol. The topological polar surface area (TPSA) is 207 Å². The van der Waals surface area contributed by atoms with Gasteiger partial charge in [0.2, 0.25) is 5.43 Å². The summed E-state index contributed by atoms with van der Waals surface area (Å²) >= 11 is 6.14. The molecule has 214 valence electrons. The van der Waals surface area contributed by atoms with Crippen molar-refractivity contribution in [3.8, 4) is 11.5 Å². The van der Waals surface area contributed by atoms with Crippen LogP contribution < -0.4 is 15.4 Å². The minimum absolute atomic E-state index is 0.0267. The average molecular weight is 587 g/mol. The summed E-state index contributed by atoms with van der Waals surface area (Å²) < 4.78 is 5.45. The van der Waals surface area contributed by atoms with Gasteiger partial charge in [-0.15, -0.1) is 0 Å². The number of fused-ring (bicyclic) bond motifs is 2. The number of imide groups is 1. The Bertz CT molecular complexity index is 1530. The fourth-order valence-corrected chi connectivity index (χ4v) is 5.70. The summed E-state index contributed by atoms with van der Waals surface area (Å²) in [6.07, 6.45) is 1.75. The number of halogens is 1. The Morgan fingerprint density at radius 2 is 1.98 bits per heavy atom. The molecule has 2 saturated heterocycles. The molecule has 0 saturated carbocycles. The molecule has 1 aromatic heterocycles. The van der Waals surface area contributed by atoms with E-state index in [1.165, 1.54) is 17.0 Å². The highest BCUT2D eigenvalue weighted by Crippen LogP contribution is 2.37. The summed E-state index contributed by atoms with van der Waals surface area (Å²) in [4.78, 5) is 80.6. The van der Waals surface area contributed by atoms with Crippen molar-refractivity contribution in [3.63, 3.8) is 0 Å². The Balaban J connectivity index is 1.42. The number of rotatable bonds is 6. The van der Waals surface area contributed by atoms with E-state index in [2.05, 4.69) is 10.3 Å². The first-order valence-electron chi connectivity index (χ1n) is 12.7. The van der Waals surface area contributed by atoms with Crippen LogP contribution in [-0.2, 0) is 20.8 Å². The SMILES string of the molecule is O=C(O)c1cccc2c1OB(O)[C@@H](CC(=O)C(NC(=O)N1C[C@@H]3CCCN3C(=O)C1=O)c1[nH]cc(O)c(=O)c1Cl)C2. The lowest BCUT2D eigenvalue weighted by Gasteiger charge is -2.36. The van der Waals surface area contributed by atoms with E-state index < -0.39 is 71.2 Å². The number of piperazine rings is 1. The number of H-pyrrole nitrogens is 1. The van der Waals surface area contributed by atoms with Crippen molar-refractivity contribution in [2.75, 3.05) is 13.1 Å². The first-order valence-corrected chi connectivity index (χ1v) is 13.1. The lowest BCUT2D eigenvalue weighted by atomic mass is 9.64. The number of Topliss-reactive ketones (excluding diaryl/α,β-unsaturated/α-hetero) is 1.